The summed E-state index contributed by atoms with van der Waals surface area (Å²) < 4.78 is 9.49. The summed E-state index contributed by atoms with van der Waals surface area (Å²) in [6, 6.07) is -0.389. The minimum atomic E-state index is -0.389. The molecule has 1 heterocycles. The maximum atomic E-state index is 11.7. The Morgan fingerprint density at radius 2 is 2.13 bits per heavy atom. The van der Waals surface area contributed by atoms with Crippen molar-refractivity contribution in [1.82, 2.24) is 4.90 Å². The molecule has 0 saturated carbocycles. The van der Waals surface area contributed by atoms with Crippen LogP contribution >= 0.6 is 0 Å². The summed E-state index contributed by atoms with van der Waals surface area (Å²) >= 11 is 0. The van der Waals surface area contributed by atoms with Crippen molar-refractivity contribution in [2.75, 3.05) is 27.4 Å². The van der Waals surface area contributed by atoms with E-state index in [9.17, 15) is 9.59 Å². The molecule has 1 rings (SSSR count). The molecule has 0 aliphatic carbocycles. The molecule has 86 valence electrons. The molecule has 0 N–H and O–H groups in total. The third-order valence-electron chi connectivity index (χ3n) is 2.57. The molecule has 15 heavy (non-hydrogen) atoms. The summed E-state index contributed by atoms with van der Waals surface area (Å²) in [6.07, 6.45) is 1.88. The number of hydrogen-bond donors (Lipinski definition) is 0. The second kappa shape index (κ2) is 5.70. The summed E-state index contributed by atoms with van der Waals surface area (Å²) in [5.41, 5.74) is 0. The van der Waals surface area contributed by atoms with Gasteiger partial charge in [0.15, 0.2) is 0 Å². The SMILES string of the molecule is COCCC(=O)N1CCCC1C(=O)OC. The molecule has 1 aliphatic rings. The minimum absolute atomic E-state index is 0.0373. The predicted molar refractivity (Wildman–Crippen MR) is 53.2 cm³/mol. The second-order valence-electron chi connectivity index (χ2n) is 3.51. The molecular weight excluding hydrogens is 198 g/mol. The fourth-order valence-corrected chi connectivity index (χ4v) is 1.78. The predicted octanol–water partition coefficient (Wildman–Crippen LogP) is 0.187. The van der Waals surface area contributed by atoms with E-state index in [2.05, 4.69) is 4.74 Å². The lowest BCUT2D eigenvalue weighted by atomic mass is 10.2. The maximum Gasteiger partial charge on any atom is 0.328 e. The molecule has 0 bridgehead atoms. The molecule has 5 nitrogen and oxygen atoms in total. The highest BCUT2D eigenvalue weighted by Gasteiger charge is 2.34. The Labute approximate surface area is 89.3 Å². The van der Waals surface area contributed by atoms with Gasteiger partial charge in [-0.05, 0) is 12.8 Å². The van der Waals surface area contributed by atoms with Crippen molar-refractivity contribution in [3.8, 4) is 0 Å². The fourth-order valence-electron chi connectivity index (χ4n) is 1.78. The molecule has 1 unspecified atom stereocenters. The first-order chi connectivity index (χ1) is 7.20. The van der Waals surface area contributed by atoms with Gasteiger partial charge >= 0.3 is 5.97 Å². The van der Waals surface area contributed by atoms with Crippen molar-refractivity contribution in [2.45, 2.75) is 25.3 Å². The number of ether oxygens (including phenoxy) is 2. The summed E-state index contributed by atoms with van der Waals surface area (Å²) in [5.74, 6) is -0.358. The smallest absolute Gasteiger partial charge is 0.328 e. The van der Waals surface area contributed by atoms with E-state index in [0.717, 1.165) is 6.42 Å². The monoisotopic (exact) mass is 215 g/mol. The highest BCUT2D eigenvalue weighted by molar-refractivity contribution is 5.85. The molecule has 0 aromatic heterocycles. The summed E-state index contributed by atoms with van der Waals surface area (Å²) in [6.45, 7) is 1.03. The van der Waals surface area contributed by atoms with E-state index in [1.807, 2.05) is 0 Å². The normalized spacial score (nSPS) is 20.4. The van der Waals surface area contributed by atoms with Crippen LogP contribution in [0.25, 0.3) is 0 Å². The van der Waals surface area contributed by atoms with Gasteiger partial charge in [0.1, 0.15) is 6.04 Å². The van der Waals surface area contributed by atoms with Crippen LogP contribution in [-0.4, -0.2) is 50.2 Å². The first-order valence-corrected chi connectivity index (χ1v) is 5.07. The van der Waals surface area contributed by atoms with Crippen molar-refractivity contribution >= 4 is 11.9 Å². The number of carbonyl (C=O) groups excluding carboxylic acids is 2. The van der Waals surface area contributed by atoms with Crippen molar-refractivity contribution in [1.29, 1.82) is 0 Å². The Morgan fingerprint density at radius 3 is 2.73 bits per heavy atom. The van der Waals surface area contributed by atoms with E-state index in [4.69, 9.17) is 4.74 Å². The molecule has 1 saturated heterocycles. The van der Waals surface area contributed by atoms with E-state index >= 15 is 0 Å². The van der Waals surface area contributed by atoms with Crippen LogP contribution in [0.1, 0.15) is 19.3 Å². The number of esters is 1. The van der Waals surface area contributed by atoms with Gasteiger partial charge in [0.05, 0.1) is 20.1 Å². The van der Waals surface area contributed by atoms with Crippen LogP contribution in [0.2, 0.25) is 0 Å². The Kier molecular flexibility index (Phi) is 4.55. The molecule has 1 fully saturated rings. The maximum absolute atomic E-state index is 11.7. The largest absolute Gasteiger partial charge is 0.467 e. The molecule has 1 atom stereocenters. The Morgan fingerprint density at radius 1 is 1.40 bits per heavy atom. The lowest BCUT2D eigenvalue weighted by Crippen LogP contribution is -2.41. The number of nitrogens with zero attached hydrogens (tertiary/aromatic N) is 1. The van der Waals surface area contributed by atoms with Gasteiger partial charge in [-0.25, -0.2) is 4.79 Å². The highest BCUT2D eigenvalue weighted by atomic mass is 16.5. The van der Waals surface area contributed by atoms with Crippen molar-refractivity contribution < 1.29 is 19.1 Å². The zero-order valence-corrected chi connectivity index (χ0v) is 9.19. The standard InChI is InChI=1S/C10H17NO4/c1-14-7-5-9(12)11-6-3-4-8(11)10(13)15-2/h8H,3-7H2,1-2H3. The van der Waals surface area contributed by atoms with Crippen LogP contribution in [0.15, 0.2) is 0 Å². The molecule has 0 aromatic carbocycles. The molecule has 1 amide bonds. The molecule has 5 heteroatoms. The lowest BCUT2D eigenvalue weighted by molar-refractivity contribution is -0.151. The third-order valence-corrected chi connectivity index (χ3v) is 2.57. The number of hydrogen-bond acceptors (Lipinski definition) is 4. The van der Waals surface area contributed by atoms with Crippen molar-refractivity contribution in [3.63, 3.8) is 0 Å². The number of carbonyl (C=O) groups is 2. The van der Waals surface area contributed by atoms with E-state index in [1.165, 1.54) is 7.11 Å². The van der Waals surface area contributed by atoms with Crippen LogP contribution < -0.4 is 0 Å². The van der Waals surface area contributed by atoms with Crippen molar-refractivity contribution in [2.24, 2.45) is 0 Å². The number of amides is 1. The van der Waals surface area contributed by atoms with Gasteiger partial charge < -0.3 is 14.4 Å². The molecule has 1 aliphatic heterocycles. The first kappa shape index (κ1) is 12.0. The van der Waals surface area contributed by atoms with Gasteiger partial charge in [-0.2, -0.15) is 0 Å². The van der Waals surface area contributed by atoms with Crippen LogP contribution in [0, 0.1) is 0 Å². The molecule has 0 spiro atoms. The third kappa shape index (κ3) is 2.92. The van der Waals surface area contributed by atoms with Gasteiger partial charge in [-0.3, -0.25) is 4.79 Å². The van der Waals surface area contributed by atoms with Gasteiger partial charge in [-0.1, -0.05) is 0 Å². The van der Waals surface area contributed by atoms with Gasteiger partial charge in [0, 0.05) is 13.7 Å². The summed E-state index contributed by atoms with van der Waals surface area (Å²) in [7, 11) is 2.90. The fraction of sp³-hybridized carbons (Fsp3) is 0.800. The zero-order chi connectivity index (χ0) is 11.3. The van der Waals surface area contributed by atoms with E-state index < -0.39 is 0 Å². The van der Waals surface area contributed by atoms with E-state index in [-0.39, 0.29) is 17.9 Å². The highest BCUT2D eigenvalue weighted by Crippen LogP contribution is 2.19. The Hall–Kier alpha value is -1.10. The van der Waals surface area contributed by atoms with Crippen molar-refractivity contribution in [3.05, 3.63) is 0 Å². The number of rotatable bonds is 4. The summed E-state index contributed by atoms with van der Waals surface area (Å²) in [5, 5.41) is 0. The second-order valence-corrected chi connectivity index (χ2v) is 3.51. The quantitative estimate of drug-likeness (QED) is 0.628. The lowest BCUT2D eigenvalue weighted by Gasteiger charge is -2.22. The average Bonchev–Trinajstić information content (AvgIpc) is 2.73. The number of likely N-dealkylation sites (tertiary alicyclic amines) is 1. The molecule has 0 radical (unpaired) electrons. The van der Waals surface area contributed by atoms with Crippen LogP contribution in [0.4, 0.5) is 0 Å². The van der Waals surface area contributed by atoms with Crippen LogP contribution in [-0.2, 0) is 19.1 Å². The van der Waals surface area contributed by atoms with Gasteiger partial charge in [0.2, 0.25) is 5.91 Å². The first-order valence-electron chi connectivity index (χ1n) is 5.07. The van der Waals surface area contributed by atoms with Gasteiger partial charge in [0.25, 0.3) is 0 Å². The molecular formula is C10H17NO4. The van der Waals surface area contributed by atoms with Crippen LogP contribution in [0.5, 0.6) is 0 Å². The average molecular weight is 215 g/mol. The van der Waals surface area contributed by atoms with Gasteiger partial charge in [-0.15, -0.1) is 0 Å². The Bertz CT molecular complexity index is 242. The zero-order valence-electron chi connectivity index (χ0n) is 9.19. The molecule has 0 aromatic rings. The summed E-state index contributed by atoms with van der Waals surface area (Å²) in [4.78, 5) is 24.6. The number of methoxy groups -OCH3 is 2. The van der Waals surface area contributed by atoms with E-state index in [1.54, 1.807) is 12.0 Å². The van der Waals surface area contributed by atoms with Crippen LogP contribution in [0.3, 0.4) is 0 Å². The topological polar surface area (TPSA) is 55.8 Å². The minimum Gasteiger partial charge on any atom is -0.467 e. The van der Waals surface area contributed by atoms with E-state index in [0.29, 0.717) is 26.0 Å². The Balaban J connectivity index is 2.52.